The summed E-state index contributed by atoms with van der Waals surface area (Å²) in [6.07, 6.45) is 0.430. The molecule has 0 unspecified atom stereocenters. The molecule has 1 N–H and O–H groups in total. The van der Waals surface area contributed by atoms with Crippen molar-refractivity contribution in [3.63, 3.8) is 0 Å². The van der Waals surface area contributed by atoms with Gasteiger partial charge in [-0.3, -0.25) is 14.3 Å². The number of esters is 2. The molecule has 35 heavy (non-hydrogen) atoms. The molecule has 180 valence electrons. The fraction of sp³-hybridized carbons (Fsp3) is 0.200. The number of H-pyrrole nitrogens is 1. The summed E-state index contributed by atoms with van der Waals surface area (Å²) >= 11 is 3.11. The highest BCUT2D eigenvalue weighted by molar-refractivity contribution is 9.11. The van der Waals surface area contributed by atoms with E-state index in [1.165, 1.54) is 21.8 Å². The van der Waals surface area contributed by atoms with Crippen molar-refractivity contribution >= 4 is 33.9 Å². The molecule has 0 spiro atoms. The van der Waals surface area contributed by atoms with Gasteiger partial charge in [-0.15, -0.1) is 0 Å². The summed E-state index contributed by atoms with van der Waals surface area (Å²) in [5, 5.41) is 0. The first-order valence-corrected chi connectivity index (χ1v) is 11.6. The molecule has 1 aromatic heterocycles. The molecule has 1 saturated heterocycles. The Morgan fingerprint density at radius 2 is 1.66 bits per heavy atom. The molecule has 1 fully saturated rings. The normalized spacial score (nSPS) is 19.5. The van der Waals surface area contributed by atoms with Crippen molar-refractivity contribution in [2.24, 2.45) is 0 Å². The Hall–Kier alpha value is -3.76. The Balaban J connectivity index is 1.56. The number of ether oxygens (including phenoxy) is 3. The zero-order valence-corrected chi connectivity index (χ0v) is 19.9. The maximum atomic E-state index is 12.7. The summed E-state index contributed by atoms with van der Waals surface area (Å²) < 4.78 is 18.3. The second kappa shape index (κ2) is 11.1. The molecule has 3 aromatic rings. The number of aromatic nitrogens is 2. The molecule has 0 amide bonds. The fourth-order valence-corrected chi connectivity index (χ4v) is 3.93. The van der Waals surface area contributed by atoms with Crippen LogP contribution in [0.4, 0.5) is 0 Å². The van der Waals surface area contributed by atoms with Crippen LogP contribution in [0, 0.1) is 0 Å². The highest BCUT2D eigenvalue weighted by atomic mass is 79.9. The van der Waals surface area contributed by atoms with E-state index in [1.807, 2.05) is 0 Å². The number of benzene rings is 2. The van der Waals surface area contributed by atoms with Crippen molar-refractivity contribution in [2.45, 2.75) is 24.9 Å². The maximum Gasteiger partial charge on any atom is 0.338 e. The number of carbonyl (C=O) groups is 2. The first-order valence-electron chi connectivity index (χ1n) is 10.7. The van der Waals surface area contributed by atoms with Crippen LogP contribution >= 0.6 is 15.9 Å². The molecule has 2 heterocycles. The minimum absolute atomic E-state index is 0.107. The van der Waals surface area contributed by atoms with E-state index in [0.717, 1.165) is 0 Å². The SMILES string of the molecule is O=C(OC[C@H]1O[C@@H](n2cc(/C=C/Br)c(=O)[nH]c2=O)C[C@@H]1OC(=O)c1ccccc1)c1ccccc1. The van der Waals surface area contributed by atoms with Crippen LogP contribution in [-0.4, -0.2) is 40.3 Å². The second-order valence-corrected chi connectivity index (χ2v) is 8.21. The first kappa shape index (κ1) is 24.4. The largest absolute Gasteiger partial charge is 0.459 e. The van der Waals surface area contributed by atoms with Crippen LogP contribution in [0.3, 0.4) is 0 Å². The van der Waals surface area contributed by atoms with Gasteiger partial charge in [0.1, 0.15) is 25.0 Å². The number of nitrogens with zero attached hydrogens (tertiary/aromatic N) is 1. The summed E-state index contributed by atoms with van der Waals surface area (Å²) in [6.45, 7) is -0.205. The van der Waals surface area contributed by atoms with E-state index in [-0.39, 0.29) is 18.6 Å². The third kappa shape index (κ3) is 5.84. The molecule has 3 atom stereocenters. The van der Waals surface area contributed by atoms with E-state index in [4.69, 9.17) is 14.2 Å². The fourth-order valence-electron chi connectivity index (χ4n) is 3.64. The van der Waals surface area contributed by atoms with Crippen LogP contribution in [0.2, 0.25) is 0 Å². The van der Waals surface area contributed by atoms with E-state index in [2.05, 4.69) is 20.9 Å². The van der Waals surface area contributed by atoms with Gasteiger partial charge in [-0.25, -0.2) is 14.4 Å². The van der Waals surface area contributed by atoms with E-state index >= 15 is 0 Å². The maximum absolute atomic E-state index is 12.7. The van der Waals surface area contributed by atoms with E-state index in [1.54, 1.807) is 60.7 Å². The molecule has 9 nitrogen and oxygen atoms in total. The molecule has 1 aliphatic rings. The molecule has 0 bridgehead atoms. The molecule has 0 saturated carbocycles. The Kier molecular flexibility index (Phi) is 7.74. The van der Waals surface area contributed by atoms with Crippen molar-refractivity contribution in [3.05, 3.63) is 109 Å². The van der Waals surface area contributed by atoms with Gasteiger partial charge in [0.05, 0.1) is 16.7 Å². The van der Waals surface area contributed by atoms with Gasteiger partial charge >= 0.3 is 17.6 Å². The molecule has 0 aliphatic carbocycles. The van der Waals surface area contributed by atoms with Gasteiger partial charge in [-0.1, -0.05) is 52.3 Å². The Morgan fingerprint density at radius 3 is 2.29 bits per heavy atom. The number of aromatic amines is 1. The van der Waals surface area contributed by atoms with Crippen LogP contribution < -0.4 is 11.2 Å². The Labute approximate surface area is 208 Å². The van der Waals surface area contributed by atoms with Crippen LogP contribution in [-0.2, 0) is 14.2 Å². The van der Waals surface area contributed by atoms with Crippen LogP contribution in [0.5, 0.6) is 0 Å². The smallest absolute Gasteiger partial charge is 0.338 e. The number of hydrogen-bond acceptors (Lipinski definition) is 7. The third-order valence-electron chi connectivity index (χ3n) is 5.38. The van der Waals surface area contributed by atoms with Gasteiger partial charge in [0.15, 0.2) is 0 Å². The summed E-state index contributed by atoms with van der Waals surface area (Å²) in [6, 6.07) is 16.9. The lowest BCUT2D eigenvalue weighted by molar-refractivity contribution is -0.0582. The van der Waals surface area contributed by atoms with Crippen LogP contribution in [0.25, 0.3) is 6.08 Å². The van der Waals surface area contributed by atoms with Crippen molar-refractivity contribution in [1.29, 1.82) is 0 Å². The standard InChI is InChI=1S/C25H21BrN2O7/c26-12-11-18-14-28(25(32)27-22(18)29)21-13-19(35-24(31)17-9-5-2-6-10-17)20(34-21)15-33-23(30)16-7-3-1-4-8-16/h1-12,14,19-21H,13,15H2,(H,27,29,32)/b12-11+/t19-,20+,21+/m0/s1. The minimum atomic E-state index is -0.865. The van der Waals surface area contributed by atoms with Gasteiger partial charge in [0, 0.05) is 12.6 Å². The number of halogens is 1. The molecular formula is C25H21BrN2O7. The monoisotopic (exact) mass is 540 g/mol. The summed E-state index contributed by atoms with van der Waals surface area (Å²) in [7, 11) is 0. The zero-order chi connectivity index (χ0) is 24.8. The van der Waals surface area contributed by atoms with Crippen LogP contribution in [0.1, 0.15) is 38.9 Å². The molecule has 0 radical (unpaired) electrons. The lowest BCUT2D eigenvalue weighted by atomic mass is 10.1. The second-order valence-electron chi connectivity index (χ2n) is 7.68. The third-order valence-corrected chi connectivity index (χ3v) is 5.65. The van der Waals surface area contributed by atoms with Crippen molar-refractivity contribution in [1.82, 2.24) is 9.55 Å². The van der Waals surface area contributed by atoms with Crippen molar-refractivity contribution in [2.75, 3.05) is 6.61 Å². The lowest BCUT2D eigenvalue weighted by Gasteiger charge is -2.19. The van der Waals surface area contributed by atoms with E-state index in [9.17, 15) is 19.2 Å². The van der Waals surface area contributed by atoms with Gasteiger partial charge in [0.25, 0.3) is 5.56 Å². The minimum Gasteiger partial charge on any atom is -0.459 e. The Morgan fingerprint density at radius 1 is 1.03 bits per heavy atom. The zero-order valence-electron chi connectivity index (χ0n) is 18.3. The predicted octanol–water partition coefficient (Wildman–Crippen LogP) is 3.27. The number of hydrogen-bond donors (Lipinski definition) is 1. The number of carbonyl (C=O) groups excluding carboxylic acids is 2. The van der Waals surface area contributed by atoms with Crippen LogP contribution in [0.15, 0.2) is 81.4 Å². The average Bonchev–Trinajstić information content (AvgIpc) is 3.27. The molecular weight excluding hydrogens is 520 g/mol. The summed E-state index contributed by atoms with van der Waals surface area (Å²) in [5.41, 5.74) is -0.297. The van der Waals surface area contributed by atoms with E-state index in [0.29, 0.717) is 11.1 Å². The van der Waals surface area contributed by atoms with E-state index < -0.39 is 41.6 Å². The van der Waals surface area contributed by atoms with Gasteiger partial charge in [-0.05, 0) is 35.3 Å². The van der Waals surface area contributed by atoms with Gasteiger partial charge < -0.3 is 14.2 Å². The lowest BCUT2D eigenvalue weighted by Crippen LogP contribution is -2.33. The van der Waals surface area contributed by atoms with Gasteiger partial charge in [-0.2, -0.15) is 0 Å². The van der Waals surface area contributed by atoms with Gasteiger partial charge in [0.2, 0.25) is 0 Å². The predicted molar refractivity (Wildman–Crippen MR) is 130 cm³/mol. The molecule has 4 rings (SSSR count). The first-order chi connectivity index (χ1) is 17.0. The molecule has 2 aromatic carbocycles. The topological polar surface area (TPSA) is 117 Å². The molecule has 10 heteroatoms. The highest BCUT2D eigenvalue weighted by Gasteiger charge is 2.40. The average molecular weight is 541 g/mol. The Bertz CT molecular complexity index is 1340. The highest BCUT2D eigenvalue weighted by Crippen LogP contribution is 2.31. The number of nitrogens with one attached hydrogen (secondary N) is 1. The number of rotatable bonds is 7. The quantitative estimate of drug-likeness (QED) is 0.457. The summed E-state index contributed by atoms with van der Waals surface area (Å²) in [5.74, 6) is -1.13. The van der Waals surface area contributed by atoms with Crippen molar-refractivity contribution in [3.8, 4) is 0 Å². The van der Waals surface area contributed by atoms with Crippen molar-refractivity contribution < 1.29 is 23.8 Å². The summed E-state index contributed by atoms with van der Waals surface area (Å²) in [4.78, 5) is 53.4. The molecule has 1 aliphatic heterocycles.